The van der Waals surface area contributed by atoms with E-state index in [1.54, 1.807) is 6.07 Å². The van der Waals surface area contributed by atoms with Crippen LogP contribution in [0.25, 0.3) is 11.1 Å². The Labute approximate surface area is 230 Å². The Morgan fingerprint density at radius 1 is 0.923 bits per heavy atom. The van der Waals surface area contributed by atoms with E-state index in [1.807, 2.05) is 56.6 Å². The molecule has 0 atom stereocenters. The summed E-state index contributed by atoms with van der Waals surface area (Å²) in [7, 11) is 4.02. The van der Waals surface area contributed by atoms with Gasteiger partial charge in [-0.3, -0.25) is 9.59 Å². The van der Waals surface area contributed by atoms with Crippen molar-refractivity contribution >= 4 is 17.5 Å². The molecule has 0 spiro atoms. The number of aromatic hydroxyl groups is 2. The molecule has 7 nitrogen and oxygen atoms in total. The Morgan fingerprint density at radius 3 is 2.21 bits per heavy atom. The molecule has 0 bridgehead atoms. The molecule has 4 N–H and O–H groups in total. The molecule has 2 amide bonds. The third-order valence-corrected chi connectivity index (χ3v) is 7.32. The molecule has 1 saturated carbocycles. The summed E-state index contributed by atoms with van der Waals surface area (Å²) >= 11 is 0. The Morgan fingerprint density at radius 2 is 1.62 bits per heavy atom. The first kappa shape index (κ1) is 28.2. The fourth-order valence-electron chi connectivity index (χ4n) is 4.86. The van der Waals surface area contributed by atoms with Gasteiger partial charge in [-0.1, -0.05) is 45.0 Å². The number of anilines is 1. The van der Waals surface area contributed by atoms with E-state index in [0.717, 1.165) is 29.7 Å². The number of phenols is 2. The molecule has 1 aliphatic carbocycles. The zero-order valence-electron chi connectivity index (χ0n) is 23.5. The Balaban J connectivity index is 1.55. The lowest BCUT2D eigenvalue weighted by molar-refractivity contribution is -0.118. The average Bonchev–Trinajstić information content (AvgIpc) is 3.70. The van der Waals surface area contributed by atoms with E-state index in [1.165, 1.54) is 12.1 Å². The number of carbonyl (C=O) groups excluding carboxylic acids is 2. The summed E-state index contributed by atoms with van der Waals surface area (Å²) in [5, 5.41) is 25.7. The normalized spacial score (nSPS) is 14.2. The molecule has 3 aromatic carbocycles. The molecule has 0 heterocycles. The maximum atomic E-state index is 13.4. The average molecular weight is 530 g/mol. The van der Waals surface area contributed by atoms with Crippen molar-refractivity contribution in [3.8, 4) is 22.6 Å². The fourth-order valence-corrected chi connectivity index (χ4v) is 4.86. The van der Waals surface area contributed by atoms with E-state index < -0.39 is 5.41 Å². The SMILES string of the molecule is CN(C)CCCNC(=O)c1ccc(-c2cc(NC(=O)C3(c4ccc(O)c(O)c4)CC3)ccc2C(C)(C)C)cc1. The lowest BCUT2D eigenvalue weighted by Crippen LogP contribution is -2.28. The smallest absolute Gasteiger partial charge is 0.251 e. The summed E-state index contributed by atoms with van der Waals surface area (Å²) in [6.07, 6.45) is 2.24. The quantitative estimate of drug-likeness (QED) is 0.219. The van der Waals surface area contributed by atoms with Crippen LogP contribution in [0.15, 0.2) is 60.7 Å². The third kappa shape index (κ3) is 6.42. The van der Waals surface area contributed by atoms with Crippen molar-refractivity contribution in [3.63, 3.8) is 0 Å². The van der Waals surface area contributed by atoms with E-state index >= 15 is 0 Å². The van der Waals surface area contributed by atoms with Gasteiger partial charge in [-0.2, -0.15) is 0 Å². The van der Waals surface area contributed by atoms with Crippen molar-refractivity contribution in [1.29, 1.82) is 0 Å². The van der Waals surface area contributed by atoms with Crippen LogP contribution >= 0.6 is 0 Å². The Hall–Kier alpha value is -3.84. The van der Waals surface area contributed by atoms with Gasteiger partial charge in [0.15, 0.2) is 11.5 Å². The maximum absolute atomic E-state index is 13.4. The van der Waals surface area contributed by atoms with Gasteiger partial charge >= 0.3 is 0 Å². The van der Waals surface area contributed by atoms with E-state index in [9.17, 15) is 19.8 Å². The van der Waals surface area contributed by atoms with Crippen molar-refractivity contribution in [2.75, 3.05) is 32.5 Å². The molecule has 0 radical (unpaired) electrons. The molecule has 0 aliphatic heterocycles. The number of nitrogens with one attached hydrogen (secondary N) is 2. The van der Waals surface area contributed by atoms with E-state index in [-0.39, 0.29) is 28.7 Å². The zero-order valence-corrected chi connectivity index (χ0v) is 23.5. The van der Waals surface area contributed by atoms with E-state index in [2.05, 4.69) is 36.3 Å². The highest BCUT2D eigenvalue weighted by Crippen LogP contribution is 2.50. The van der Waals surface area contributed by atoms with Gasteiger partial charge in [0.1, 0.15) is 0 Å². The first-order valence-corrected chi connectivity index (χ1v) is 13.4. The molecule has 0 saturated heterocycles. The molecule has 206 valence electrons. The Kier molecular flexibility index (Phi) is 8.02. The topological polar surface area (TPSA) is 102 Å². The highest BCUT2D eigenvalue weighted by atomic mass is 16.3. The van der Waals surface area contributed by atoms with Crippen LogP contribution in [-0.4, -0.2) is 54.1 Å². The highest BCUT2D eigenvalue weighted by molar-refractivity contribution is 6.02. The first-order chi connectivity index (χ1) is 18.4. The number of amides is 2. The van der Waals surface area contributed by atoms with Crippen molar-refractivity contribution in [2.24, 2.45) is 0 Å². The van der Waals surface area contributed by atoms with Crippen LogP contribution in [0.4, 0.5) is 5.69 Å². The van der Waals surface area contributed by atoms with Crippen LogP contribution in [0.5, 0.6) is 11.5 Å². The number of rotatable bonds is 9. The lowest BCUT2D eigenvalue weighted by Gasteiger charge is -2.24. The number of phenolic OH excluding ortho intramolecular Hbond substituents is 2. The Bertz CT molecular complexity index is 1350. The molecule has 3 aromatic rings. The summed E-state index contributed by atoms with van der Waals surface area (Å²) in [6.45, 7) is 7.99. The van der Waals surface area contributed by atoms with Gasteiger partial charge < -0.3 is 25.7 Å². The van der Waals surface area contributed by atoms with Crippen LogP contribution in [-0.2, 0) is 15.6 Å². The van der Waals surface area contributed by atoms with E-state index in [4.69, 9.17) is 0 Å². The van der Waals surface area contributed by atoms with Crippen molar-refractivity contribution in [3.05, 3.63) is 77.4 Å². The van der Waals surface area contributed by atoms with Crippen molar-refractivity contribution in [2.45, 2.75) is 50.9 Å². The largest absolute Gasteiger partial charge is 0.504 e. The van der Waals surface area contributed by atoms with Gasteiger partial charge in [0.25, 0.3) is 5.91 Å². The number of hydrogen-bond donors (Lipinski definition) is 4. The summed E-state index contributed by atoms with van der Waals surface area (Å²) in [5.74, 6) is -0.657. The molecule has 39 heavy (non-hydrogen) atoms. The second-order valence-corrected chi connectivity index (χ2v) is 11.7. The monoisotopic (exact) mass is 529 g/mol. The lowest BCUT2D eigenvalue weighted by atomic mass is 9.81. The molecule has 7 heteroatoms. The minimum atomic E-state index is -0.713. The van der Waals surface area contributed by atoms with Crippen molar-refractivity contribution < 1.29 is 19.8 Å². The van der Waals surface area contributed by atoms with Gasteiger partial charge in [-0.25, -0.2) is 0 Å². The molecule has 4 rings (SSSR count). The van der Waals surface area contributed by atoms with Gasteiger partial charge in [0.2, 0.25) is 5.91 Å². The summed E-state index contributed by atoms with van der Waals surface area (Å²) in [5.41, 5.74) is 4.22. The molecule has 0 unspecified atom stereocenters. The molecule has 0 aromatic heterocycles. The zero-order chi connectivity index (χ0) is 28.4. The molecular formula is C32H39N3O4. The third-order valence-electron chi connectivity index (χ3n) is 7.32. The standard InChI is InChI=1S/C32H39N3O4/c1-31(2,3)26-13-12-24(34-30(39)32(15-16-32)23-11-14-27(36)28(37)19-23)20-25(26)21-7-9-22(10-8-21)29(38)33-17-6-18-35(4)5/h7-14,19-20,36-37H,6,15-18H2,1-5H3,(H,33,38)(H,34,39). The van der Waals surface area contributed by atoms with Gasteiger partial charge in [0, 0.05) is 17.8 Å². The summed E-state index contributed by atoms with van der Waals surface area (Å²) in [4.78, 5) is 28.1. The number of nitrogens with zero attached hydrogens (tertiary/aromatic N) is 1. The second-order valence-electron chi connectivity index (χ2n) is 11.7. The van der Waals surface area contributed by atoms with Crippen LogP contribution in [0.2, 0.25) is 0 Å². The predicted octanol–water partition coefficient (Wildman–Crippen LogP) is 5.41. The van der Waals surface area contributed by atoms with Gasteiger partial charge in [0.05, 0.1) is 5.41 Å². The van der Waals surface area contributed by atoms with E-state index in [0.29, 0.717) is 36.2 Å². The first-order valence-electron chi connectivity index (χ1n) is 13.4. The number of benzene rings is 3. The summed E-state index contributed by atoms with van der Waals surface area (Å²) in [6, 6.07) is 18.1. The minimum absolute atomic E-state index is 0.0904. The number of hydrogen-bond acceptors (Lipinski definition) is 5. The van der Waals surface area contributed by atoms with Crippen LogP contribution < -0.4 is 10.6 Å². The highest BCUT2D eigenvalue weighted by Gasteiger charge is 2.51. The van der Waals surface area contributed by atoms with Crippen LogP contribution in [0.1, 0.15) is 61.5 Å². The molecule has 1 fully saturated rings. The van der Waals surface area contributed by atoms with Crippen LogP contribution in [0, 0.1) is 0 Å². The molecule has 1 aliphatic rings. The fraction of sp³-hybridized carbons (Fsp3) is 0.375. The molecular weight excluding hydrogens is 490 g/mol. The number of carbonyl (C=O) groups is 2. The van der Waals surface area contributed by atoms with Crippen molar-refractivity contribution in [1.82, 2.24) is 10.2 Å². The van der Waals surface area contributed by atoms with Gasteiger partial charge in [-0.05, 0) is 104 Å². The van der Waals surface area contributed by atoms with Crippen LogP contribution in [0.3, 0.4) is 0 Å². The minimum Gasteiger partial charge on any atom is -0.504 e. The second kappa shape index (κ2) is 11.1. The van der Waals surface area contributed by atoms with Gasteiger partial charge in [-0.15, -0.1) is 0 Å². The predicted molar refractivity (Wildman–Crippen MR) is 155 cm³/mol. The summed E-state index contributed by atoms with van der Waals surface area (Å²) < 4.78 is 0. The maximum Gasteiger partial charge on any atom is 0.251 e.